The van der Waals surface area contributed by atoms with Crippen molar-refractivity contribution in [2.45, 2.75) is 26.9 Å². The van der Waals surface area contributed by atoms with Gasteiger partial charge in [-0.2, -0.15) is 5.10 Å². The summed E-state index contributed by atoms with van der Waals surface area (Å²) in [4.78, 5) is 0. The zero-order valence-electron chi connectivity index (χ0n) is 14.6. The second-order valence-corrected chi connectivity index (χ2v) is 6.29. The number of hydrogen-bond acceptors (Lipinski definition) is 4. The second kappa shape index (κ2) is 5.84. The SMILES string of the molecule is CCOc1cccc(C2Nc3c(C)cccc3-c3cc(C)nn32)c1O. The fourth-order valence-corrected chi connectivity index (χ4v) is 3.43. The third kappa shape index (κ3) is 2.43. The van der Waals surface area contributed by atoms with Crippen LogP contribution in [0.15, 0.2) is 42.5 Å². The molecule has 1 aromatic heterocycles. The molecule has 0 aliphatic carbocycles. The first-order chi connectivity index (χ1) is 12.1. The third-order valence-corrected chi connectivity index (χ3v) is 4.56. The number of rotatable bonds is 3. The van der Waals surface area contributed by atoms with E-state index in [0.717, 1.165) is 33.8 Å². The summed E-state index contributed by atoms with van der Waals surface area (Å²) in [7, 11) is 0. The minimum atomic E-state index is -0.294. The smallest absolute Gasteiger partial charge is 0.165 e. The fraction of sp³-hybridized carbons (Fsp3) is 0.250. The Morgan fingerprint density at radius 1 is 1.20 bits per heavy atom. The topological polar surface area (TPSA) is 59.3 Å². The maximum absolute atomic E-state index is 10.7. The molecule has 1 atom stereocenters. The van der Waals surface area contributed by atoms with Crippen LogP contribution in [0.1, 0.15) is 29.9 Å². The van der Waals surface area contributed by atoms with Crippen LogP contribution in [0.25, 0.3) is 11.3 Å². The maximum atomic E-state index is 10.7. The van der Waals surface area contributed by atoms with Crippen LogP contribution in [0.5, 0.6) is 11.5 Å². The highest BCUT2D eigenvalue weighted by Crippen LogP contribution is 2.43. The van der Waals surface area contributed by atoms with E-state index in [4.69, 9.17) is 4.74 Å². The average molecular weight is 335 g/mol. The molecular formula is C20H21N3O2. The molecule has 0 fully saturated rings. The number of phenols is 1. The summed E-state index contributed by atoms with van der Waals surface area (Å²) in [6, 6.07) is 13.9. The number of para-hydroxylation sites is 2. The summed E-state index contributed by atoms with van der Waals surface area (Å²) in [6.07, 6.45) is -0.294. The predicted molar refractivity (Wildman–Crippen MR) is 98.2 cm³/mol. The molecule has 3 aromatic rings. The van der Waals surface area contributed by atoms with Gasteiger partial charge < -0.3 is 15.2 Å². The number of aryl methyl sites for hydroxylation is 2. The molecule has 1 aliphatic rings. The van der Waals surface area contributed by atoms with E-state index in [2.05, 4.69) is 41.6 Å². The summed E-state index contributed by atoms with van der Waals surface area (Å²) in [5, 5.41) is 18.9. The Bertz CT molecular complexity index is 946. The number of hydrogen-bond donors (Lipinski definition) is 2. The first kappa shape index (κ1) is 15.6. The largest absolute Gasteiger partial charge is 0.504 e. The van der Waals surface area contributed by atoms with Gasteiger partial charge in [0.1, 0.15) is 0 Å². The first-order valence-electron chi connectivity index (χ1n) is 8.47. The second-order valence-electron chi connectivity index (χ2n) is 6.29. The number of nitrogens with zero attached hydrogens (tertiary/aromatic N) is 2. The highest BCUT2D eigenvalue weighted by atomic mass is 16.5. The van der Waals surface area contributed by atoms with Crippen LogP contribution < -0.4 is 10.1 Å². The van der Waals surface area contributed by atoms with Crippen LogP contribution in [-0.4, -0.2) is 21.5 Å². The number of phenolic OH excluding ortho intramolecular Hbond substituents is 1. The minimum Gasteiger partial charge on any atom is -0.504 e. The molecular weight excluding hydrogens is 314 g/mol. The summed E-state index contributed by atoms with van der Waals surface area (Å²) in [5.74, 6) is 0.640. The lowest BCUT2D eigenvalue weighted by Crippen LogP contribution is -2.26. The Balaban J connectivity index is 1.90. The van der Waals surface area contributed by atoms with Crippen molar-refractivity contribution in [3.8, 4) is 22.8 Å². The Labute approximate surface area is 146 Å². The number of aromatic nitrogens is 2. The van der Waals surface area contributed by atoms with Crippen molar-refractivity contribution in [3.05, 3.63) is 59.3 Å². The van der Waals surface area contributed by atoms with Crippen LogP contribution in [0, 0.1) is 13.8 Å². The quantitative estimate of drug-likeness (QED) is 0.751. The summed E-state index contributed by atoms with van der Waals surface area (Å²) >= 11 is 0. The summed E-state index contributed by atoms with van der Waals surface area (Å²) in [6.45, 7) is 6.47. The lowest BCUT2D eigenvalue weighted by Gasteiger charge is -2.31. The van der Waals surface area contributed by atoms with Gasteiger partial charge in [-0.25, -0.2) is 4.68 Å². The normalized spacial score (nSPS) is 15.2. The Kier molecular flexibility index (Phi) is 3.64. The molecule has 0 saturated carbocycles. The predicted octanol–water partition coefficient (Wildman–Crippen LogP) is 4.24. The van der Waals surface area contributed by atoms with Crippen LogP contribution in [0.3, 0.4) is 0 Å². The Morgan fingerprint density at radius 2 is 2.00 bits per heavy atom. The minimum absolute atomic E-state index is 0.151. The van der Waals surface area contributed by atoms with Gasteiger partial charge in [-0.15, -0.1) is 0 Å². The molecule has 0 spiro atoms. The molecule has 0 amide bonds. The van der Waals surface area contributed by atoms with E-state index in [-0.39, 0.29) is 11.9 Å². The van der Waals surface area contributed by atoms with Gasteiger partial charge >= 0.3 is 0 Å². The molecule has 1 unspecified atom stereocenters. The molecule has 0 bridgehead atoms. The lowest BCUT2D eigenvalue weighted by atomic mass is 10.00. The maximum Gasteiger partial charge on any atom is 0.165 e. The van der Waals surface area contributed by atoms with Crippen molar-refractivity contribution in [1.29, 1.82) is 0 Å². The molecule has 4 rings (SSSR count). The highest BCUT2D eigenvalue weighted by molar-refractivity contribution is 5.81. The number of fused-ring (bicyclic) bond motifs is 3. The fourth-order valence-electron chi connectivity index (χ4n) is 3.43. The van der Waals surface area contributed by atoms with E-state index in [1.54, 1.807) is 6.07 Å². The van der Waals surface area contributed by atoms with Gasteiger partial charge in [-0.3, -0.25) is 0 Å². The number of ether oxygens (including phenoxy) is 1. The van der Waals surface area contributed by atoms with Crippen molar-refractivity contribution in [3.63, 3.8) is 0 Å². The Hall–Kier alpha value is -2.95. The van der Waals surface area contributed by atoms with E-state index in [1.165, 1.54) is 0 Å². The standard InChI is InChI=1S/C20H21N3O2/c1-4-25-17-10-6-9-15(19(17)24)20-21-18-12(2)7-5-8-14(18)16-11-13(3)22-23(16)20/h5-11,20-21,24H,4H2,1-3H3. The van der Waals surface area contributed by atoms with Gasteiger partial charge in [-0.05, 0) is 38.5 Å². The monoisotopic (exact) mass is 335 g/mol. The van der Waals surface area contributed by atoms with Crippen molar-refractivity contribution in [2.24, 2.45) is 0 Å². The average Bonchev–Trinajstić information content (AvgIpc) is 2.99. The van der Waals surface area contributed by atoms with Crippen molar-refractivity contribution < 1.29 is 9.84 Å². The van der Waals surface area contributed by atoms with Gasteiger partial charge in [0.2, 0.25) is 0 Å². The van der Waals surface area contributed by atoms with Crippen molar-refractivity contribution >= 4 is 5.69 Å². The summed E-state index contributed by atoms with van der Waals surface area (Å²) < 4.78 is 7.48. The van der Waals surface area contributed by atoms with E-state index in [1.807, 2.05) is 30.7 Å². The number of benzene rings is 2. The molecule has 0 radical (unpaired) electrons. The molecule has 25 heavy (non-hydrogen) atoms. The van der Waals surface area contributed by atoms with Crippen LogP contribution in [0.4, 0.5) is 5.69 Å². The van der Waals surface area contributed by atoms with E-state index < -0.39 is 0 Å². The van der Waals surface area contributed by atoms with Gasteiger partial charge in [0.25, 0.3) is 0 Å². The van der Waals surface area contributed by atoms with Gasteiger partial charge in [0, 0.05) is 16.8 Å². The molecule has 0 saturated heterocycles. The van der Waals surface area contributed by atoms with Gasteiger partial charge in [0.15, 0.2) is 17.7 Å². The van der Waals surface area contributed by atoms with Gasteiger partial charge in [-0.1, -0.05) is 30.3 Å². The molecule has 5 heteroatoms. The highest BCUT2D eigenvalue weighted by Gasteiger charge is 2.29. The van der Waals surface area contributed by atoms with E-state index in [9.17, 15) is 5.11 Å². The third-order valence-electron chi connectivity index (χ3n) is 4.56. The zero-order valence-corrected chi connectivity index (χ0v) is 14.6. The molecule has 5 nitrogen and oxygen atoms in total. The number of anilines is 1. The zero-order chi connectivity index (χ0) is 17.6. The van der Waals surface area contributed by atoms with Crippen LogP contribution in [-0.2, 0) is 0 Å². The molecule has 128 valence electrons. The van der Waals surface area contributed by atoms with Crippen LogP contribution in [0.2, 0.25) is 0 Å². The lowest BCUT2D eigenvalue weighted by molar-refractivity contribution is 0.315. The Morgan fingerprint density at radius 3 is 2.80 bits per heavy atom. The number of aromatic hydroxyl groups is 1. The molecule has 2 heterocycles. The van der Waals surface area contributed by atoms with Crippen molar-refractivity contribution in [1.82, 2.24) is 9.78 Å². The van der Waals surface area contributed by atoms with E-state index in [0.29, 0.717) is 12.4 Å². The van der Waals surface area contributed by atoms with Crippen LogP contribution >= 0.6 is 0 Å². The first-order valence-corrected chi connectivity index (χ1v) is 8.47. The summed E-state index contributed by atoms with van der Waals surface area (Å²) in [5.41, 5.74) is 6.08. The number of nitrogens with one attached hydrogen (secondary N) is 1. The molecule has 2 N–H and O–H groups in total. The van der Waals surface area contributed by atoms with E-state index >= 15 is 0 Å². The molecule has 2 aromatic carbocycles. The van der Waals surface area contributed by atoms with Crippen molar-refractivity contribution in [2.75, 3.05) is 11.9 Å². The molecule has 1 aliphatic heterocycles. The van der Waals surface area contributed by atoms with Gasteiger partial charge in [0.05, 0.1) is 18.0 Å².